The summed E-state index contributed by atoms with van der Waals surface area (Å²) in [6.45, 7) is 0. The van der Waals surface area contributed by atoms with Gasteiger partial charge in [0.2, 0.25) is 0 Å². The third-order valence-corrected chi connectivity index (χ3v) is 9.91. The minimum atomic E-state index is 0.613. The molecule has 0 fully saturated rings. The van der Waals surface area contributed by atoms with E-state index in [9.17, 15) is 5.26 Å². The van der Waals surface area contributed by atoms with Crippen molar-refractivity contribution in [1.29, 1.82) is 5.26 Å². The lowest BCUT2D eigenvalue weighted by molar-refractivity contribution is 1.12. The molecule has 0 saturated carbocycles. The summed E-state index contributed by atoms with van der Waals surface area (Å²) >= 11 is 0. The van der Waals surface area contributed by atoms with Crippen LogP contribution in [0.15, 0.2) is 122 Å². The Morgan fingerprint density at radius 1 is 0.478 bits per heavy atom. The van der Waals surface area contributed by atoms with Gasteiger partial charge in [-0.2, -0.15) is 5.26 Å². The molecule has 0 aliphatic rings. The summed E-state index contributed by atoms with van der Waals surface area (Å²) in [5, 5.41) is 23.6. The monoisotopic (exact) mass is 584 g/mol. The zero-order chi connectivity index (χ0) is 30.1. The van der Waals surface area contributed by atoms with E-state index in [4.69, 9.17) is 4.98 Å². The molecular formula is C40H20N6. The van der Waals surface area contributed by atoms with Gasteiger partial charge >= 0.3 is 0 Å². The third kappa shape index (κ3) is 2.71. The fourth-order valence-corrected chi connectivity index (χ4v) is 8.21. The predicted molar refractivity (Wildman–Crippen MR) is 186 cm³/mol. The molecule has 6 heteroatoms. The second-order valence-electron chi connectivity index (χ2n) is 12.0. The molecule has 46 heavy (non-hydrogen) atoms. The maximum Gasteiger partial charge on any atom is 0.116 e. The fourth-order valence-electron chi connectivity index (χ4n) is 8.21. The Bertz CT molecular complexity index is 2730. The average Bonchev–Trinajstić information content (AvgIpc) is 3.64. The number of aromatic nitrogens is 5. The minimum absolute atomic E-state index is 0.613. The van der Waals surface area contributed by atoms with Crippen molar-refractivity contribution in [2.45, 2.75) is 0 Å². The second-order valence-corrected chi connectivity index (χ2v) is 12.0. The van der Waals surface area contributed by atoms with Crippen LogP contribution in [0.25, 0.3) is 98.2 Å². The summed E-state index contributed by atoms with van der Waals surface area (Å²) in [4.78, 5) is 13.5. The van der Waals surface area contributed by atoms with Crippen LogP contribution in [0.3, 0.4) is 0 Å². The fraction of sp³-hybridized carbons (Fsp3) is 0. The molecule has 210 valence electrons. The van der Waals surface area contributed by atoms with E-state index in [0.717, 1.165) is 71.3 Å². The van der Waals surface area contributed by atoms with Crippen LogP contribution in [-0.4, -0.2) is 24.1 Å². The smallest absolute Gasteiger partial charge is 0.116 e. The summed E-state index contributed by atoms with van der Waals surface area (Å²) in [5.41, 5.74) is 7.49. The highest BCUT2D eigenvalue weighted by Gasteiger charge is 2.25. The lowest BCUT2D eigenvalue weighted by Crippen LogP contribution is -2.03. The molecule has 7 aromatic carbocycles. The minimum Gasteiger partial charge on any atom is -0.308 e. The molecule has 0 spiro atoms. The third-order valence-electron chi connectivity index (χ3n) is 9.91. The number of hydrogen-bond donors (Lipinski definition) is 0. The van der Waals surface area contributed by atoms with E-state index in [-0.39, 0.29) is 0 Å². The molecule has 11 rings (SSSR count). The molecule has 4 heterocycles. The van der Waals surface area contributed by atoms with Crippen molar-refractivity contribution in [2.75, 3.05) is 0 Å². The Labute approximate surface area is 260 Å². The van der Waals surface area contributed by atoms with Crippen molar-refractivity contribution in [2.24, 2.45) is 0 Å². The Kier molecular flexibility index (Phi) is 4.31. The Hall–Kier alpha value is -6.58. The lowest BCUT2D eigenvalue weighted by Gasteiger charge is -2.15. The first-order valence-corrected chi connectivity index (χ1v) is 15.2. The van der Waals surface area contributed by atoms with Gasteiger partial charge in [-0.05, 0) is 64.0 Å². The largest absolute Gasteiger partial charge is 0.308 e. The quantitative estimate of drug-likeness (QED) is 0.190. The zero-order valence-electron chi connectivity index (χ0n) is 24.2. The summed E-state index contributed by atoms with van der Waals surface area (Å²) in [6.07, 6.45) is 7.35. The van der Waals surface area contributed by atoms with Crippen molar-refractivity contribution >= 4 is 86.8 Å². The molecule has 0 aliphatic heterocycles. The van der Waals surface area contributed by atoms with Gasteiger partial charge in [-0.15, -0.1) is 0 Å². The van der Waals surface area contributed by atoms with E-state index < -0.39 is 0 Å². The first-order valence-electron chi connectivity index (χ1n) is 15.2. The van der Waals surface area contributed by atoms with Crippen LogP contribution < -0.4 is 0 Å². The molecule has 0 saturated heterocycles. The molecule has 0 unspecified atom stereocenters. The van der Waals surface area contributed by atoms with E-state index in [1.807, 2.05) is 18.6 Å². The van der Waals surface area contributed by atoms with Gasteiger partial charge in [-0.25, -0.2) is 9.97 Å². The van der Waals surface area contributed by atoms with Crippen LogP contribution in [0.5, 0.6) is 0 Å². The molecular weight excluding hydrogens is 564 g/mol. The Balaban J connectivity index is 1.30. The lowest BCUT2D eigenvalue weighted by atomic mass is 9.96. The van der Waals surface area contributed by atoms with Gasteiger partial charge in [0.05, 0.1) is 39.0 Å². The van der Waals surface area contributed by atoms with Gasteiger partial charge in [0, 0.05) is 56.3 Å². The van der Waals surface area contributed by atoms with E-state index in [2.05, 4.69) is 122 Å². The first kappa shape index (κ1) is 23.8. The van der Waals surface area contributed by atoms with Gasteiger partial charge in [-0.1, -0.05) is 54.6 Å². The van der Waals surface area contributed by atoms with Crippen LogP contribution in [-0.2, 0) is 0 Å². The molecule has 4 aromatic heterocycles. The molecule has 0 radical (unpaired) electrons. The van der Waals surface area contributed by atoms with Crippen molar-refractivity contribution < 1.29 is 0 Å². The molecule has 0 atom stereocenters. The van der Waals surface area contributed by atoms with Crippen LogP contribution in [0.2, 0.25) is 0 Å². The van der Waals surface area contributed by atoms with Crippen LogP contribution in [0.1, 0.15) is 5.56 Å². The summed E-state index contributed by atoms with van der Waals surface area (Å²) < 4.78 is 4.52. The van der Waals surface area contributed by atoms with Gasteiger partial charge in [0.15, 0.2) is 0 Å². The standard InChI is InChI=1S/C40H20N6/c41-18-27-30(45-32-12-1-6-23-22-16-17-42-19-28(22)24-7-2-13-33(45)37(24)36(23)32)10-5-11-31(27)46-34-14-3-8-25-29-20-43-21-44-40(29)26-9-4-15-35(46)39(26)38(25)34/h1-17,19-21H. The van der Waals surface area contributed by atoms with Crippen molar-refractivity contribution in [3.05, 3.63) is 128 Å². The number of rotatable bonds is 2. The van der Waals surface area contributed by atoms with Gasteiger partial charge < -0.3 is 9.13 Å². The topological polar surface area (TPSA) is 72.3 Å². The highest BCUT2D eigenvalue weighted by atomic mass is 15.0. The van der Waals surface area contributed by atoms with E-state index >= 15 is 0 Å². The number of nitriles is 1. The number of hydrogen-bond acceptors (Lipinski definition) is 4. The molecule has 0 bridgehead atoms. The Morgan fingerprint density at radius 2 is 0.978 bits per heavy atom. The first-order chi connectivity index (χ1) is 22.8. The van der Waals surface area contributed by atoms with Crippen LogP contribution >= 0.6 is 0 Å². The Morgan fingerprint density at radius 3 is 1.59 bits per heavy atom. The van der Waals surface area contributed by atoms with Gasteiger partial charge in [0.25, 0.3) is 0 Å². The summed E-state index contributed by atoms with van der Waals surface area (Å²) in [7, 11) is 0. The molecule has 6 nitrogen and oxygen atoms in total. The molecule has 0 aliphatic carbocycles. The highest BCUT2D eigenvalue weighted by Crippen LogP contribution is 2.46. The predicted octanol–water partition coefficient (Wildman–Crippen LogP) is 9.43. The van der Waals surface area contributed by atoms with E-state index in [1.165, 1.54) is 26.9 Å². The number of benzene rings is 7. The molecule has 11 aromatic rings. The average molecular weight is 585 g/mol. The van der Waals surface area contributed by atoms with Crippen molar-refractivity contribution in [3.8, 4) is 17.4 Å². The second kappa shape index (κ2) is 8.32. The number of pyridine rings is 1. The number of fused-ring (bicyclic) bond motifs is 6. The summed E-state index contributed by atoms with van der Waals surface area (Å²) in [6, 6.07) is 36.6. The maximum absolute atomic E-state index is 11.0. The van der Waals surface area contributed by atoms with Crippen LogP contribution in [0.4, 0.5) is 0 Å². The molecule has 0 N–H and O–H groups in total. The normalized spacial score (nSPS) is 12.3. The van der Waals surface area contributed by atoms with Crippen molar-refractivity contribution in [3.63, 3.8) is 0 Å². The molecule has 0 amide bonds. The summed E-state index contributed by atoms with van der Waals surface area (Å²) in [5.74, 6) is 0. The zero-order valence-corrected chi connectivity index (χ0v) is 24.2. The van der Waals surface area contributed by atoms with E-state index in [0.29, 0.717) is 5.56 Å². The van der Waals surface area contributed by atoms with E-state index in [1.54, 1.807) is 6.33 Å². The van der Waals surface area contributed by atoms with Crippen LogP contribution in [0, 0.1) is 11.3 Å². The number of nitrogens with zero attached hydrogens (tertiary/aromatic N) is 6. The maximum atomic E-state index is 11.0. The highest BCUT2D eigenvalue weighted by molar-refractivity contribution is 6.35. The SMILES string of the molecule is N#Cc1c(-n2c3cccc4c5ccncc5c5cccc2c5c43)cccc1-n1c2cccc3c4cncnc4c4cccc1c4c32. The van der Waals surface area contributed by atoms with Gasteiger partial charge in [0.1, 0.15) is 18.0 Å². The van der Waals surface area contributed by atoms with Crippen molar-refractivity contribution in [1.82, 2.24) is 24.1 Å². The van der Waals surface area contributed by atoms with Gasteiger partial charge in [-0.3, -0.25) is 4.98 Å².